The number of aryl methyl sites for hydroxylation is 1. The minimum Gasteiger partial charge on any atom is -0.365 e. The van der Waals surface area contributed by atoms with Crippen molar-refractivity contribution in [2.24, 2.45) is 0 Å². The van der Waals surface area contributed by atoms with E-state index in [1.165, 1.54) is 11.3 Å². The minimum atomic E-state index is 0.405. The average Bonchev–Trinajstić information content (AvgIpc) is 2.45. The molecule has 0 bridgehead atoms. The molecule has 0 heterocycles. The molecule has 2 aromatic rings. The van der Waals surface area contributed by atoms with Crippen molar-refractivity contribution in [2.45, 2.75) is 33.4 Å². The van der Waals surface area contributed by atoms with Crippen LogP contribution in [-0.4, -0.2) is 6.04 Å². The van der Waals surface area contributed by atoms with E-state index in [0.29, 0.717) is 6.04 Å². The van der Waals surface area contributed by atoms with Crippen LogP contribution in [0.1, 0.15) is 30.5 Å². The molecule has 2 nitrogen and oxygen atoms in total. The molecule has 0 aromatic heterocycles. The Morgan fingerprint density at radius 1 is 1.10 bits per heavy atom. The number of nitrogens with zero attached hydrogens (tertiary/aromatic N) is 2. The Bertz CT molecular complexity index is 609. The van der Waals surface area contributed by atoms with Gasteiger partial charge in [-0.3, -0.25) is 0 Å². The zero-order valence-electron chi connectivity index (χ0n) is 12.3. The molecule has 0 unspecified atom stereocenters. The summed E-state index contributed by atoms with van der Waals surface area (Å²) < 4.78 is 0. The molecule has 0 atom stereocenters. The molecule has 0 N–H and O–H groups in total. The number of nitriles is 1. The molecule has 2 aromatic carbocycles. The van der Waals surface area contributed by atoms with E-state index in [4.69, 9.17) is 5.26 Å². The van der Waals surface area contributed by atoms with Crippen LogP contribution in [0.15, 0.2) is 48.5 Å². The molecule has 0 fully saturated rings. The van der Waals surface area contributed by atoms with Crippen LogP contribution in [0.3, 0.4) is 0 Å². The molecule has 0 aliphatic heterocycles. The summed E-state index contributed by atoms with van der Waals surface area (Å²) in [6.07, 6.45) is 0. The molecule has 20 heavy (non-hydrogen) atoms. The first-order valence-corrected chi connectivity index (χ1v) is 6.93. The van der Waals surface area contributed by atoms with Crippen molar-refractivity contribution in [1.82, 2.24) is 0 Å². The SMILES string of the molecule is Cc1cc(N(Cc2ccccc2)C(C)C)ccc1C#N. The molecular formula is C18H20N2. The Labute approximate surface area is 121 Å². The summed E-state index contributed by atoms with van der Waals surface area (Å²) in [5, 5.41) is 9.03. The molecule has 2 rings (SSSR count). The first-order valence-electron chi connectivity index (χ1n) is 6.93. The fourth-order valence-electron chi connectivity index (χ4n) is 2.30. The average molecular weight is 264 g/mol. The highest BCUT2D eigenvalue weighted by atomic mass is 15.1. The highest BCUT2D eigenvalue weighted by Crippen LogP contribution is 2.23. The summed E-state index contributed by atoms with van der Waals surface area (Å²) in [4.78, 5) is 2.35. The third-order valence-corrected chi connectivity index (χ3v) is 3.48. The van der Waals surface area contributed by atoms with Gasteiger partial charge in [0.25, 0.3) is 0 Å². The highest BCUT2D eigenvalue weighted by Gasteiger charge is 2.12. The first-order chi connectivity index (χ1) is 9.61. The van der Waals surface area contributed by atoms with E-state index >= 15 is 0 Å². The topological polar surface area (TPSA) is 27.0 Å². The van der Waals surface area contributed by atoms with Gasteiger partial charge in [-0.2, -0.15) is 5.26 Å². The van der Waals surface area contributed by atoms with Gasteiger partial charge in [-0.1, -0.05) is 30.3 Å². The second-order valence-electron chi connectivity index (χ2n) is 5.32. The Kier molecular flexibility index (Phi) is 4.42. The van der Waals surface area contributed by atoms with Crippen LogP contribution >= 0.6 is 0 Å². The Balaban J connectivity index is 2.30. The monoisotopic (exact) mass is 264 g/mol. The highest BCUT2D eigenvalue weighted by molar-refractivity contribution is 5.54. The van der Waals surface area contributed by atoms with Gasteiger partial charge in [-0.05, 0) is 50.1 Å². The van der Waals surface area contributed by atoms with Gasteiger partial charge in [0, 0.05) is 18.3 Å². The van der Waals surface area contributed by atoms with Crippen LogP contribution in [0, 0.1) is 18.3 Å². The van der Waals surface area contributed by atoms with Gasteiger partial charge < -0.3 is 4.90 Å². The maximum Gasteiger partial charge on any atom is 0.0994 e. The van der Waals surface area contributed by atoms with Crippen molar-refractivity contribution in [1.29, 1.82) is 5.26 Å². The standard InChI is InChI=1S/C18H20N2/c1-14(2)20(13-16-7-5-4-6-8-16)18-10-9-17(12-19)15(3)11-18/h4-11,14H,13H2,1-3H3. The first kappa shape index (κ1) is 14.1. The molecule has 0 saturated carbocycles. The normalized spacial score (nSPS) is 10.3. The predicted molar refractivity (Wildman–Crippen MR) is 83.7 cm³/mol. The van der Waals surface area contributed by atoms with E-state index in [2.05, 4.69) is 55.1 Å². The third kappa shape index (κ3) is 3.19. The van der Waals surface area contributed by atoms with Gasteiger partial charge >= 0.3 is 0 Å². The number of hydrogen-bond donors (Lipinski definition) is 0. The molecular weight excluding hydrogens is 244 g/mol. The third-order valence-electron chi connectivity index (χ3n) is 3.48. The summed E-state index contributed by atoms with van der Waals surface area (Å²) in [5.74, 6) is 0. The lowest BCUT2D eigenvalue weighted by atomic mass is 10.1. The van der Waals surface area contributed by atoms with Crippen LogP contribution in [0.2, 0.25) is 0 Å². The second kappa shape index (κ2) is 6.25. The molecule has 0 amide bonds. The predicted octanol–water partition coefficient (Wildman–Crippen LogP) is 4.28. The fourth-order valence-corrected chi connectivity index (χ4v) is 2.30. The number of rotatable bonds is 4. The van der Waals surface area contributed by atoms with Crippen LogP contribution < -0.4 is 4.90 Å². The van der Waals surface area contributed by atoms with E-state index in [0.717, 1.165) is 17.7 Å². The molecule has 0 saturated heterocycles. The summed E-state index contributed by atoms with van der Waals surface area (Å²) in [7, 11) is 0. The second-order valence-corrected chi connectivity index (χ2v) is 5.32. The Morgan fingerprint density at radius 3 is 2.35 bits per heavy atom. The Hall–Kier alpha value is -2.27. The molecule has 0 aliphatic carbocycles. The smallest absolute Gasteiger partial charge is 0.0994 e. The molecule has 0 aliphatic rings. The van der Waals surface area contributed by atoms with Gasteiger partial charge in [0.15, 0.2) is 0 Å². The summed E-state index contributed by atoms with van der Waals surface area (Å²) in [6.45, 7) is 7.25. The molecule has 102 valence electrons. The van der Waals surface area contributed by atoms with Crippen LogP contribution in [0.25, 0.3) is 0 Å². The fraction of sp³-hybridized carbons (Fsp3) is 0.278. The van der Waals surface area contributed by atoms with Crippen molar-refractivity contribution in [3.8, 4) is 6.07 Å². The van der Waals surface area contributed by atoms with E-state index in [-0.39, 0.29) is 0 Å². The quantitative estimate of drug-likeness (QED) is 0.824. The molecule has 0 spiro atoms. The lowest BCUT2D eigenvalue weighted by Crippen LogP contribution is -2.30. The van der Waals surface area contributed by atoms with Gasteiger partial charge in [-0.25, -0.2) is 0 Å². The van der Waals surface area contributed by atoms with Crippen molar-refractivity contribution in [3.05, 3.63) is 65.2 Å². The van der Waals surface area contributed by atoms with Crippen molar-refractivity contribution in [3.63, 3.8) is 0 Å². The summed E-state index contributed by atoms with van der Waals surface area (Å²) in [6, 6.07) is 19.1. The van der Waals surface area contributed by atoms with E-state index in [1.807, 2.05) is 25.1 Å². The van der Waals surface area contributed by atoms with Gasteiger partial charge in [0.2, 0.25) is 0 Å². The largest absolute Gasteiger partial charge is 0.365 e. The molecule has 0 radical (unpaired) electrons. The summed E-state index contributed by atoms with van der Waals surface area (Å²) in [5.41, 5.74) is 4.24. The maximum atomic E-state index is 9.03. The minimum absolute atomic E-state index is 0.405. The number of anilines is 1. The van der Waals surface area contributed by atoms with Gasteiger partial charge in [0.05, 0.1) is 11.6 Å². The maximum absolute atomic E-state index is 9.03. The summed E-state index contributed by atoms with van der Waals surface area (Å²) >= 11 is 0. The van der Waals surface area contributed by atoms with E-state index < -0.39 is 0 Å². The zero-order chi connectivity index (χ0) is 14.5. The molecule has 2 heteroatoms. The van der Waals surface area contributed by atoms with Crippen LogP contribution in [0.5, 0.6) is 0 Å². The lowest BCUT2D eigenvalue weighted by molar-refractivity contribution is 0.682. The zero-order valence-corrected chi connectivity index (χ0v) is 12.3. The number of hydrogen-bond acceptors (Lipinski definition) is 2. The van der Waals surface area contributed by atoms with Crippen molar-refractivity contribution < 1.29 is 0 Å². The van der Waals surface area contributed by atoms with E-state index in [9.17, 15) is 0 Å². The van der Waals surface area contributed by atoms with Crippen molar-refractivity contribution >= 4 is 5.69 Å². The van der Waals surface area contributed by atoms with Crippen molar-refractivity contribution in [2.75, 3.05) is 4.90 Å². The van der Waals surface area contributed by atoms with Crippen LogP contribution in [0.4, 0.5) is 5.69 Å². The lowest BCUT2D eigenvalue weighted by Gasteiger charge is -2.29. The van der Waals surface area contributed by atoms with E-state index in [1.54, 1.807) is 0 Å². The van der Waals surface area contributed by atoms with Gasteiger partial charge in [0.1, 0.15) is 0 Å². The Morgan fingerprint density at radius 2 is 1.80 bits per heavy atom. The van der Waals surface area contributed by atoms with Crippen LogP contribution in [-0.2, 0) is 6.54 Å². The number of benzene rings is 2. The van der Waals surface area contributed by atoms with Gasteiger partial charge in [-0.15, -0.1) is 0 Å².